The fourth-order valence-electron chi connectivity index (χ4n) is 1.17. The molecule has 0 saturated heterocycles. The zero-order valence-electron chi connectivity index (χ0n) is 8.30. The Morgan fingerprint density at radius 3 is 2.67 bits per heavy atom. The molecule has 1 atom stereocenters. The molecule has 1 heterocycles. The van der Waals surface area contributed by atoms with Gasteiger partial charge in [-0.25, -0.2) is 13.8 Å². The summed E-state index contributed by atoms with van der Waals surface area (Å²) in [4.78, 5) is 3.79. The average Bonchev–Trinajstić information content (AvgIpc) is 2.16. The van der Waals surface area contributed by atoms with Gasteiger partial charge in [0.05, 0.1) is 17.7 Å². The number of pyridine rings is 1. The molecule has 1 aromatic heterocycles. The van der Waals surface area contributed by atoms with Crippen molar-refractivity contribution in [3.8, 4) is 5.88 Å². The van der Waals surface area contributed by atoms with Crippen LogP contribution in [0.3, 0.4) is 0 Å². The first kappa shape index (κ1) is 12.1. The lowest BCUT2D eigenvalue weighted by Crippen LogP contribution is -2.41. The van der Waals surface area contributed by atoms with Gasteiger partial charge in [-0.2, -0.15) is 0 Å². The Kier molecular flexibility index (Phi) is 3.46. The Bertz CT molecular complexity index is 358. The standard InChI is InChI=1S/C9H11ClF2N2O/c1-9(13,8(11)12)6-5(10)3-4-14-7(6)15-2/h3-4,8H,13H2,1-2H3. The molecule has 0 aromatic carbocycles. The van der Waals surface area contributed by atoms with Crippen molar-refractivity contribution in [2.24, 2.45) is 5.73 Å². The Labute approximate surface area is 91.2 Å². The molecule has 0 aliphatic carbocycles. The molecule has 0 spiro atoms. The highest BCUT2D eigenvalue weighted by atomic mass is 35.5. The number of hydrogen-bond acceptors (Lipinski definition) is 3. The van der Waals surface area contributed by atoms with Gasteiger partial charge in [-0.3, -0.25) is 0 Å². The van der Waals surface area contributed by atoms with Gasteiger partial charge in [0.1, 0.15) is 5.54 Å². The summed E-state index contributed by atoms with van der Waals surface area (Å²) in [6, 6.07) is 1.40. The van der Waals surface area contributed by atoms with Crippen LogP contribution in [0, 0.1) is 0 Å². The van der Waals surface area contributed by atoms with E-state index in [1.807, 2.05) is 0 Å². The molecule has 0 bridgehead atoms. The van der Waals surface area contributed by atoms with E-state index in [2.05, 4.69) is 4.98 Å². The van der Waals surface area contributed by atoms with Crippen LogP contribution in [0.25, 0.3) is 0 Å². The molecular weight excluding hydrogens is 226 g/mol. The predicted molar refractivity (Wildman–Crippen MR) is 53.3 cm³/mol. The molecule has 1 unspecified atom stereocenters. The van der Waals surface area contributed by atoms with Crippen LogP contribution in [0.4, 0.5) is 8.78 Å². The van der Waals surface area contributed by atoms with E-state index in [1.54, 1.807) is 0 Å². The topological polar surface area (TPSA) is 48.1 Å². The van der Waals surface area contributed by atoms with Gasteiger partial charge in [-0.05, 0) is 13.0 Å². The van der Waals surface area contributed by atoms with Crippen LogP contribution < -0.4 is 10.5 Å². The number of halogens is 3. The molecule has 2 N–H and O–H groups in total. The molecule has 0 radical (unpaired) electrons. The minimum atomic E-state index is -2.76. The highest BCUT2D eigenvalue weighted by Crippen LogP contribution is 2.36. The first-order chi connectivity index (χ1) is 6.91. The summed E-state index contributed by atoms with van der Waals surface area (Å²) in [6.45, 7) is 1.18. The van der Waals surface area contributed by atoms with Gasteiger partial charge in [-0.15, -0.1) is 0 Å². The summed E-state index contributed by atoms with van der Waals surface area (Å²) in [7, 11) is 1.32. The second-order valence-electron chi connectivity index (χ2n) is 3.26. The predicted octanol–water partition coefficient (Wildman–Crippen LogP) is 2.18. The van der Waals surface area contributed by atoms with Crippen molar-refractivity contribution in [2.45, 2.75) is 18.9 Å². The maximum absolute atomic E-state index is 12.7. The van der Waals surface area contributed by atoms with E-state index >= 15 is 0 Å². The van der Waals surface area contributed by atoms with E-state index in [-0.39, 0.29) is 16.5 Å². The number of methoxy groups -OCH3 is 1. The lowest BCUT2D eigenvalue weighted by molar-refractivity contribution is 0.0607. The van der Waals surface area contributed by atoms with E-state index in [0.29, 0.717) is 0 Å². The molecule has 15 heavy (non-hydrogen) atoms. The van der Waals surface area contributed by atoms with Crippen LogP contribution in [0.5, 0.6) is 5.88 Å². The molecule has 0 saturated carbocycles. The van der Waals surface area contributed by atoms with E-state index in [0.717, 1.165) is 0 Å². The zero-order chi connectivity index (χ0) is 11.6. The summed E-state index contributed by atoms with van der Waals surface area (Å²) >= 11 is 5.80. The van der Waals surface area contributed by atoms with E-state index in [4.69, 9.17) is 22.1 Å². The van der Waals surface area contributed by atoms with Gasteiger partial charge in [0.2, 0.25) is 5.88 Å². The molecule has 1 aromatic rings. The van der Waals surface area contributed by atoms with Crippen LogP contribution in [0.15, 0.2) is 12.3 Å². The van der Waals surface area contributed by atoms with Crippen molar-refractivity contribution in [1.29, 1.82) is 0 Å². The third kappa shape index (κ3) is 2.18. The van der Waals surface area contributed by atoms with Gasteiger partial charge in [0.15, 0.2) is 0 Å². The third-order valence-electron chi connectivity index (χ3n) is 2.05. The van der Waals surface area contributed by atoms with Crippen molar-refractivity contribution in [3.05, 3.63) is 22.8 Å². The second-order valence-corrected chi connectivity index (χ2v) is 3.67. The van der Waals surface area contributed by atoms with Crippen LogP contribution in [-0.2, 0) is 5.54 Å². The Morgan fingerprint density at radius 2 is 2.20 bits per heavy atom. The zero-order valence-corrected chi connectivity index (χ0v) is 9.05. The Morgan fingerprint density at radius 1 is 1.60 bits per heavy atom. The first-order valence-electron chi connectivity index (χ1n) is 4.17. The second kappa shape index (κ2) is 4.28. The number of rotatable bonds is 3. The summed E-state index contributed by atoms with van der Waals surface area (Å²) in [5.74, 6) is 0.0211. The van der Waals surface area contributed by atoms with Gasteiger partial charge in [-0.1, -0.05) is 11.6 Å². The van der Waals surface area contributed by atoms with Crippen LogP contribution in [0.1, 0.15) is 12.5 Å². The fraction of sp³-hybridized carbons (Fsp3) is 0.444. The van der Waals surface area contributed by atoms with Crippen LogP contribution in [-0.4, -0.2) is 18.5 Å². The smallest absolute Gasteiger partial charge is 0.260 e. The minimum Gasteiger partial charge on any atom is -0.481 e. The molecule has 0 amide bonds. The lowest BCUT2D eigenvalue weighted by atomic mass is 9.94. The summed E-state index contributed by atoms with van der Waals surface area (Å²) in [5.41, 5.74) is 3.64. The van der Waals surface area contributed by atoms with Gasteiger partial charge in [0, 0.05) is 6.20 Å². The molecule has 6 heteroatoms. The highest BCUT2D eigenvalue weighted by molar-refractivity contribution is 6.31. The monoisotopic (exact) mass is 236 g/mol. The third-order valence-corrected chi connectivity index (χ3v) is 2.37. The molecular formula is C9H11ClF2N2O. The first-order valence-corrected chi connectivity index (χ1v) is 4.55. The van der Waals surface area contributed by atoms with Crippen molar-refractivity contribution in [1.82, 2.24) is 4.98 Å². The van der Waals surface area contributed by atoms with Crippen LogP contribution in [0.2, 0.25) is 5.02 Å². The molecule has 84 valence electrons. The van der Waals surface area contributed by atoms with E-state index < -0.39 is 12.0 Å². The van der Waals surface area contributed by atoms with E-state index in [9.17, 15) is 8.78 Å². The summed E-state index contributed by atoms with van der Waals surface area (Å²) in [6.07, 6.45) is -1.39. The lowest BCUT2D eigenvalue weighted by Gasteiger charge is -2.26. The number of aromatic nitrogens is 1. The van der Waals surface area contributed by atoms with Crippen LogP contribution >= 0.6 is 11.6 Å². The molecule has 3 nitrogen and oxygen atoms in total. The molecule has 0 fully saturated rings. The normalized spacial score (nSPS) is 15.1. The maximum Gasteiger partial charge on any atom is 0.260 e. The maximum atomic E-state index is 12.7. The van der Waals surface area contributed by atoms with Crippen molar-refractivity contribution in [2.75, 3.05) is 7.11 Å². The number of ether oxygens (including phenoxy) is 1. The van der Waals surface area contributed by atoms with Crippen molar-refractivity contribution < 1.29 is 13.5 Å². The highest BCUT2D eigenvalue weighted by Gasteiger charge is 2.37. The average molecular weight is 237 g/mol. The fourth-order valence-corrected chi connectivity index (χ4v) is 1.51. The molecule has 1 rings (SSSR count). The Hall–Kier alpha value is -0.940. The minimum absolute atomic E-state index is 0.0177. The van der Waals surface area contributed by atoms with Crippen molar-refractivity contribution >= 4 is 11.6 Å². The summed E-state index contributed by atoms with van der Waals surface area (Å²) < 4.78 is 30.3. The number of nitrogens with zero attached hydrogens (tertiary/aromatic N) is 1. The van der Waals surface area contributed by atoms with Crippen molar-refractivity contribution in [3.63, 3.8) is 0 Å². The molecule has 0 aliphatic rings. The Balaban J connectivity index is 3.34. The molecule has 0 aliphatic heterocycles. The SMILES string of the molecule is COc1nccc(Cl)c1C(C)(N)C(F)F. The summed E-state index contributed by atoms with van der Waals surface area (Å²) in [5, 5.41) is 0.118. The number of alkyl halides is 2. The van der Waals surface area contributed by atoms with E-state index in [1.165, 1.54) is 26.3 Å². The number of hydrogen-bond donors (Lipinski definition) is 1. The number of nitrogens with two attached hydrogens (primary N) is 1. The van der Waals surface area contributed by atoms with Gasteiger partial charge in [0.25, 0.3) is 6.43 Å². The largest absolute Gasteiger partial charge is 0.481 e. The quantitative estimate of drug-likeness (QED) is 0.875. The van der Waals surface area contributed by atoms with Gasteiger partial charge >= 0.3 is 0 Å². The van der Waals surface area contributed by atoms with Gasteiger partial charge < -0.3 is 10.5 Å².